The van der Waals surface area contributed by atoms with Crippen LogP contribution in [0.5, 0.6) is 0 Å². The quantitative estimate of drug-likeness (QED) is 0.724. The molecule has 0 aromatic carbocycles. The van der Waals surface area contributed by atoms with Crippen molar-refractivity contribution in [2.24, 2.45) is 11.3 Å². The summed E-state index contributed by atoms with van der Waals surface area (Å²) in [5.74, 6) is 0.832. The summed E-state index contributed by atoms with van der Waals surface area (Å²) in [7, 11) is 2.19. The van der Waals surface area contributed by atoms with Crippen molar-refractivity contribution in [3.8, 4) is 0 Å². The number of rotatable bonds is 3. The van der Waals surface area contributed by atoms with E-state index in [4.69, 9.17) is 5.11 Å². The predicted octanol–water partition coefficient (Wildman–Crippen LogP) is 1.74. The largest absolute Gasteiger partial charge is 0.396 e. The first-order chi connectivity index (χ1) is 6.03. The summed E-state index contributed by atoms with van der Waals surface area (Å²) in [5.41, 5.74) is 0.126. The van der Waals surface area contributed by atoms with Gasteiger partial charge in [0.05, 0.1) is 0 Å². The van der Waals surface area contributed by atoms with Gasteiger partial charge in [-0.3, -0.25) is 0 Å². The summed E-state index contributed by atoms with van der Waals surface area (Å²) in [6.45, 7) is 7.09. The fourth-order valence-corrected chi connectivity index (χ4v) is 2.11. The molecule has 0 unspecified atom stereocenters. The summed E-state index contributed by atoms with van der Waals surface area (Å²) < 4.78 is 0. The second kappa shape index (κ2) is 4.43. The number of aliphatic hydroxyl groups excluding tert-OH is 1. The van der Waals surface area contributed by atoms with Crippen LogP contribution in [0.3, 0.4) is 0 Å². The lowest BCUT2D eigenvalue weighted by atomic mass is 9.79. The van der Waals surface area contributed by atoms with Crippen molar-refractivity contribution in [2.75, 3.05) is 26.7 Å². The van der Waals surface area contributed by atoms with Crippen molar-refractivity contribution in [2.45, 2.75) is 33.1 Å². The smallest absolute Gasteiger partial charge is 0.0482 e. The molecule has 1 saturated heterocycles. The lowest BCUT2D eigenvalue weighted by Gasteiger charge is -2.33. The zero-order chi connectivity index (χ0) is 9.90. The van der Waals surface area contributed by atoms with Gasteiger partial charge in [-0.25, -0.2) is 0 Å². The zero-order valence-electron chi connectivity index (χ0n) is 9.21. The molecule has 1 aliphatic heterocycles. The van der Waals surface area contributed by atoms with Gasteiger partial charge in [0.2, 0.25) is 0 Å². The minimum atomic E-state index is 0.126. The molecule has 1 N–H and O–H groups in total. The van der Waals surface area contributed by atoms with E-state index >= 15 is 0 Å². The molecule has 78 valence electrons. The Morgan fingerprint density at radius 1 is 1.31 bits per heavy atom. The third kappa shape index (κ3) is 3.65. The predicted molar refractivity (Wildman–Crippen MR) is 55.7 cm³/mol. The third-order valence-corrected chi connectivity index (χ3v) is 3.11. The van der Waals surface area contributed by atoms with Gasteiger partial charge in [0.15, 0.2) is 0 Å². The molecular weight excluding hydrogens is 162 g/mol. The van der Waals surface area contributed by atoms with E-state index in [-0.39, 0.29) is 5.41 Å². The molecule has 1 rings (SSSR count). The van der Waals surface area contributed by atoms with Gasteiger partial charge < -0.3 is 10.0 Å². The van der Waals surface area contributed by atoms with Crippen molar-refractivity contribution in [1.82, 2.24) is 4.90 Å². The minimum Gasteiger partial charge on any atom is -0.396 e. The van der Waals surface area contributed by atoms with Crippen molar-refractivity contribution < 1.29 is 5.11 Å². The number of piperidine rings is 1. The van der Waals surface area contributed by atoms with Gasteiger partial charge in [-0.15, -0.1) is 0 Å². The molecule has 0 bridgehead atoms. The molecule has 0 aliphatic carbocycles. The fraction of sp³-hybridized carbons (Fsp3) is 1.00. The number of aliphatic hydroxyl groups is 1. The molecule has 1 fully saturated rings. The number of likely N-dealkylation sites (tertiary alicyclic amines) is 1. The molecule has 0 amide bonds. The van der Waals surface area contributed by atoms with E-state index in [2.05, 4.69) is 25.8 Å². The van der Waals surface area contributed by atoms with Crippen LogP contribution in [0.2, 0.25) is 0 Å². The molecule has 2 nitrogen and oxygen atoms in total. The first-order valence-electron chi connectivity index (χ1n) is 5.33. The minimum absolute atomic E-state index is 0.126. The van der Waals surface area contributed by atoms with Crippen LogP contribution >= 0.6 is 0 Å². The van der Waals surface area contributed by atoms with Crippen LogP contribution in [0.4, 0.5) is 0 Å². The average molecular weight is 185 g/mol. The molecule has 0 spiro atoms. The summed E-state index contributed by atoms with van der Waals surface area (Å²) in [5, 5.41) is 9.17. The summed E-state index contributed by atoms with van der Waals surface area (Å²) in [6.07, 6.45) is 3.79. The van der Waals surface area contributed by atoms with Crippen LogP contribution < -0.4 is 0 Å². The molecule has 0 radical (unpaired) electrons. The van der Waals surface area contributed by atoms with Crippen molar-refractivity contribution >= 4 is 0 Å². The number of hydrogen-bond donors (Lipinski definition) is 1. The molecule has 0 atom stereocenters. The lowest BCUT2D eigenvalue weighted by molar-refractivity contribution is 0.106. The highest BCUT2D eigenvalue weighted by molar-refractivity contribution is 4.77. The molecule has 1 heterocycles. The summed E-state index contributed by atoms with van der Waals surface area (Å²) in [6, 6.07) is 0. The summed E-state index contributed by atoms with van der Waals surface area (Å²) in [4.78, 5) is 2.39. The molecule has 0 saturated carbocycles. The zero-order valence-corrected chi connectivity index (χ0v) is 9.21. The van der Waals surface area contributed by atoms with Gasteiger partial charge in [-0.1, -0.05) is 13.8 Å². The summed E-state index contributed by atoms with van der Waals surface area (Å²) >= 11 is 0. The van der Waals surface area contributed by atoms with Crippen molar-refractivity contribution in [3.05, 3.63) is 0 Å². The second-order valence-electron chi connectivity index (χ2n) is 5.27. The van der Waals surface area contributed by atoms with E-state index in [1.165, 1.54) is 32.4 Å². The van der Waals surface area contributed by atoms with Crippen LogP contribution in [-0.2, 0) is 0 Å². The highest BCUT2D eigenvalue weighted by Crippen LogP contribution is 2.30. The first-order valence-corrected chi connectivity index (χ1v) is 5.33. The Morgan fingerprint density at radius 3 is 2.31 bits per heavy atom. The van der Waals surface area contributed by atoms with Crippen molar-refractivity contribution in [3.63, 3.8) is 0 Å². The van der Waals surface area contributed by atoms with Crippen LogP contribution in [0.1, 0.15) is 33.1 Å². The highest BCUT2D eigenvalue weighted by atomic mass is 16.3. The first kappa shape index (κ1) is 11.0. The van der Waals surface area contributed by atoms with E-state index in [1.807, 2.05) is 0 Å². The van der Waals surface area contributed by atoms with Crippen LogP contribution in [0, 0.1) is 11.3 Å². The normalized spacial score (nSPS) is 22.2. The van der Waals surface area contributed by atoms with Gasteiger partial charge in [-0.2, -0.15) is 0 Å². The Kier molecular flexibility index (Phi) is 3.74. The molecule has 2 heteroatoms. The van der Waals surface area contributed by atoms with Gasteiger partial charge in [0.25, 0.3) is 0 Å². The molecule has 1 aliphatic rings. The maximum Gasteiger partial charge on any atom is 0.0482 e. The topological polar surface area (TPSA) is 23.5 Å². The van der Waals surface area contributed by atoms with E-state index in [9.17, 15) is 0 Å². The van der Waals surface area contributed by atoms with Gasteiger partial charge in [0, 0.05) is 6.61 Å². The van der Waals surface area contributed by atoms with Crippen LogP contribution in [0.15, 0.2) is 0 Å². The standard InChI is InChI=1S/C11H23NO/c1-11(2,9-13)8-10-4-6-12(3)7-5-10/h10,13H,4-9H2,1-3H3. The van der Waals surface area contributed by atoms with Gasteiger partial charge in [0.1, 0.15) is 0 Å². The second-order valence-corrected chi connectivity index (χ2v) is 5.27. The van der Waals surface area contributed by atoms with E-state index in [1.54, 1.807) is 0 Å². The highest BCUT2D eigenvalue weighted by Gasteiger charge is 2.24. The van der Waals surface area contributed by atoms with Crippen LogP contribution in [-0.4, -0.2) is 36.8 Å². The van der Waals surface area contributed by atoms with E-state index < -0.39 is 0 Å². The Labute approximate surface area is 81.9 Å². The fourth-order valence-electron chi connectivity index (χ4n) is 2.11. The molecular formula is C11H23NO. The number of nitrogens with zero attached hydrogens (tertiary/aromatic N) is 1. The maximum atomic E-state index is 9.17. The SMILES string of the molecule is CN1CCC(CC(C)(C)CO)CC1. The average Bonchev–Trinajstić information content (AvgIpc) is 2.09. The molecule has 0 aromatic heterocycles. The van der Waals surface area contributed by atoms with E-state index in [0.29, 0.717) is 6.61 Å². The maximum absolute atomic E-state index is 9.17. The lowest BCUT2D eigenvalue weighted by Crippen LogP contribution is -2.33. The third-order valence-electron chi connectivity index (χ3n) is 3.11. The van der Waals surface area contributed by atoms with Gasteiger partial charge in [-0.05, 0) is 50.7 Å². The molecule has 0 aromatic rings. The Morgan fingerprint density at radius 2 is 1.85 bits per heavy atom. The Hall–Kier alpha value is -0.0800. The monoisotopic (exact) mass is 185 g/mol. The van der Waals surface area contributed by atoms with Gasteiger partial charge >= 0.3 is 0 Å². The Bertz CT molecular complexity index is 148. The van der Waals surface area contributed by atoms with Crippen molar-refractivity contribution in [1.29, 1.82) is 0 Å². The van der Waals surface area contributed by atoms with E-state index in [0.717, 1.165) is 5.92 Å². The van der Waals surface area contributed by atoms with Crippen LogP contribution in [0.25, 0.3) is 0 Å². The molecule has 13 heavy (non-hydrogen) atoms. The number of hydrogen-bond acceptors (Lipinski definition) is 2. The Balaban J connectivity index is 2.30.